The molecule has 0 radical (unpaired) electrons. The Bertz CT molecular complexity index is 517. The highest BCUT2D eigenvalue weighted by Gasteiger charge is 2.42. The predicted molar refractivity (Wildman–Crippen MR) is 66.8 cm³/mol. The van der Waals surface area contributed by atoms with Gasteiger partial charge in [-0.25, -0.2) is 13.1 Å². The SMILES string of the molecule is Cn1ncc(Cl)c1S(=O)(=O)NCC1(CCO)CC1. The van der Waals surface area contributed by atoms with Gasteiger partial charge in [0.25, 0.3) is 10.0 Å². The topological polar surface area (TPSA) is 84.2 Å². The Morgan fingerprint density at radius 2 is 2.28 bits per heavy atom. The number of aromatic nitrogens is 2. The number of nitrogens with zero attached hydrogens (tertiary/aromatic N) is 2. The molecule has 0 aromatic carbocycles. The van der Waals surface area contributed by atoms with Crippen molar-refractivity contribution in [1.29, 1.82) is 0 Å². The molecule has 2 rings (SSSR count). The molecule has 0 amide bonds. The van der Waals surface area contributed by atoms with Gasteiger partial charge in [-0.3, -0.25) is 4.68 Å². The summed E-state index contributed by atoms with van der Waals surface area (Å²) in [5, 5.41) is 12.8. The number of sulfonamides is 1. The van der Waals surface area contributed by atoms with Gasteiger partial charge in [0.05, 0.1) is 11.2 Å². The lowest BCUT2D eigenvalue weighted by molar-refractivity contribution is 0.249. The number of hydrogen-bond donors (Lipinski definition) is 2. The first-order valence-corrected chi connectivity index (χ1v) is 7.54. The van der Waals surface area contributed by atoms with E-state index < -0.39 is 10.0 Å². The maximum atomic E-state index is 12.1. The van der Waals surface area contributed by atoms with Gasteiger partial charge in [0.15, 0.2) is 5.03 Å². The summed E-state index contributed by atoms with van der Waals surface area (Å²) in [6, 6.07) is 0. The van der Waals surface area contributed by atoms with E-state index in [2.05, 4.69) is 9.82 Å². The first-order chi connectivity index (χ1) is 8.40. The van der Waals surface area contributed by atoms with Crippen LogP contribution in [0.4, 0.5) is 0 Å². The molecule has 6 nitrogen and oxygen atoms in total. The van der Waals surface area contributed by atoms with E-state index in [9.17, 15) is 8.42 Å². The maximum Gasteiger partial charge on any atom is 0.259 e. The highest BCUT2D eigenvalue weighted by atomic mass is 35.5. The number of aliphatic hydroxyl groups is 1. The van der Waals surface area contributed by atoms with Crippen LogP contribution in [0.5, 0.6) is 0 Å². The van der Waals surface area contributed by atoms with Crippen LogP contribution in [0.3, 0.4) is 0 Å². The second-order valence-corrected chi connectivity index (χ2v) is 6.81. The smallest absolute Gasteiger partial charge is 0.259 e. The fourth-order valence-corrected chi connectivity index (χ4v) is 3.76. The first-order valence-electron chi connectivity index (χ1n) is 5.68. The summed E-state index contributed by atoms with van der Waals surface area (Å²) in [6.07, 6.45) is 3.80. The fourth-order valence-electron chi connectivity index (χ4n) is 1.95. The van der Waals surface area contributed by atoms with Gasteiger partial charge in [-0.05, 0) is 24.7 Å². The first kappa shape index (κ1) is 13.8. The van der Waals surface area contributed by atoms with E-state index in [1.54, 1.807) is 0 Å². The van der Waals surface area contributed by atoms with E-state index >= 15 is 0 Å². The van der Waals surface area contributed by atoms with Crippen LogP contribution in [0.25, 0.3) is 0 Å². The highest BCUT2D eigenvalue weighted by molar-refractivity contribution is 7.89. The Balaban J connectivity index is 2.09. The van der Waals surface area contributed by atoms with Crippen LogP contribution in [0, 0.1) is 5.41 Å². The summed E-state index contributed by atoms with van der Waals surface area (Å²) in [4.78, 5) is 0. The lowest BCUT2D eigenvalue weighted by Crippen LogP contribution is -2.32. The molecule has 2 N–H and O–H groups in total. The zero-order valence-corrected chi connectivity index (χ0v) is 11.6. The molecule has 1 aliphatic carbocycles. The Labute approximate surface area is 111 Å². The molecule has 1 aromatic heterocycles. The van der Waals surface area contributed by atoms with Crippen molar-refractivity contribution in [2.45, 2.75) is 24.3 Å². The number of halogens is 1. The van der Waals surface area contributed by atoms with Crippen LogP contribution in [0.1, 0.15) is 19.3 Å². The number of aliphatic hydroxyl groups excluding tert-OH is 1. The summed E-state index contributed by atoms with van der Waals surface area (Å²) < 4.78 is 28.0. The van der Waals surface area contributed by atoms with Gasteiger partial charge < -0.3 is 5.11 Å². The quantitative estimate of drug-likeness (QED) is 0.800. The summed E-state index contributed by atoms with van der Waals surface area (Å²) in [6.45, 7) is 0.408. The molecule has 1 aliphatic rings. The lowest BCUT2D eigenvalue weighted by Gasteiger charge is -2.14. The van der Waals surface area contributed by atoms with E-state index in [-0.39, 0.29) is 22.1 Å². The summed E-state index contributed by atoms with van der Waals surface area (Å²) in [5.74, 6) is 0. The fraction of sp³-hybridized carbons (Fsp3) is 0.700. The zero-order chi connectivity index (χ0) is 13.4. The predicted octanol–water partition coefficient (Wildman–Crippen LogP) is 0.514. The molecule has 1 aromatic rings. The Hall–Kier alpha value is -0.630. The summed E-state index contributed by atoms with van der Waals surface area (Å²) in [5.41, 5.74) is -0.0765. The van der Waals surface area contributed by atoms with Crippen LogP contribution in [0.2, 0.25) is 5.02 Å². The van der Waals surface area contributed by atoms with Crippen molar-refractivity contribution in [3.8, 4) is 0 Å². The molecule has 0 bridgehead atoms. The van der Waals surface area contributed by atoms with Gasteiger partial charge in [-0.1, -0.05) is 11.6 Å². The molecule has 18 heavy (non-hydrogen) atoms. The van der Waals surface area contributed by atoms with Crippen molar-refractivity contribution in [2.75, 3.05) is 13.2 Å². The minimum atomic E-state index is -3.65. The molecule has 0 atom stereocenters. The average Bonchev–Trinajstić information content (AvgIpc) is 2.97. The molecule has 1 fully saturated rings. The minimum Gasteiger partial charge on any atom is -0.396 e. The van der Waals surface area contributed by atoms with Crippen molar-refractivity contribution in [3.63, 3.8) is 0 Å². The van der Waals surface area contributed by atoms with Crippen molar-refractivity contribution < 1.29 is 13.5 Å². The molecular weight excluding hydrogens is 278 g/mol. The van der Waals surface area contributed by atoms with Crippen LogP contribution in [-0.2, 0) is 17.1 Å². The molecular formula is C10H16ClN3O3S. The number of nitrogens with one attached hydrogen (secondary N) is 1. The van der Waals surface area contributed by atoms with Gasteiger partial charge >= 0.3 is 0 Å². The second kappa shape index (κ2) is 4.80. The van der Waals surface area contributed by atoms with Gasteiger partial charge in [-0.15, -0.1) is 0 Å². The lowest BCUT2D eigenvalue weighted by atomic mass is 10.0. The Morgan fingerprint density at radius 3 is 2.72 bits per heavy atom. The molecule has 1 saturated carbocycles. The minimum absolute atomic E-state index is 0.0241. The normalized spacial score (nSPS) is 17.9. The largest absolute Gasteiger partial charge is 0.396 e. The molecule has 0 saturated heterocycles. The average molecular weight is 294 g/mol. The van der Waals surface area contributed by atoms with E-state index in [0.29, 0.717) is 13.0 Å². The molecule has 102 valence electrons. The van der Waals surface area contributed by atoms with Crippen molar-refractivity contribution >= 4 is 21.6 Å². The van der Waals surface area contributed by atoms with Gasteiger partial charge in [0.2, 0.25) is 0 Å². The second-order valence-electron chi connectivity index (χ2n) is 4.72. The highest BCUT2D eigenvalue weighted by Crippen LogP contribution is 2.48. The van der Waals surface area contributed by atoms with Crippen molar-refractivity contribution in [1.82, 2.24) is 14.5 Å². The number of aryl methyl sites for hydroxylation is 1. The van der Waals surface area contributed by atoms with Crippen LogP contribution in [0.15, 0.2) is 11.2 Å². The third kappa shape index (κ3) is 2.69. The Kier molecular flexibility index (Phi) is 3.68. The third-order valence-electron chi connectivity index (χ3n) is 3.33. The molecule has 0 aliphatic heterocycles. The number of rotatable bonds is 6. The van der Waals surface area contributed by atoms with Gasteiger partial charge in [-0.2, -0.15) is 5.10 Å². The number of hydrogen-bond acceptors (Lipinski definition) is 4. The standard InChI is InChI=1S/C10H16ClN3O3S/c1-14-9(8(11)6-12-14)18(16,17)13-7-10(2-3-10)4-5-15/h6,13,15H,2-5,7H2,1H3. The van der Waals surface area contributed by atoms with Crippen molar-refractivity contribution in [2.24, 2.45) is 12.5 Å². The molecule has 0 unspecified atom stereocenters. The summed E-state index contributed by atoms with van der Waals surface area (Å²) in [7, 11) is -2.12. The van der Waals surface area contributed by atoms with E-state index in [4.69, 9.17) is 16.7 Å². The molecule has 1 heterocycles. The van der Waals surface area contributed by atoms with E-state index in [0.717, 1.165) is 12.8 Å². The summed E-state index contributed by atoms with van der Waals surface area (Å²) >= 11 is 5.81. The van der Waals surface area contributed by atoms with Gasteiger partial charge in [0, 0.05) is 20.2 Å². The third-order valence-corrected chi connectivity index (χ3v) is 5.24. The Morgan fingerprint density at radius 1 is 1.61 bits per heavy atom. The molecule has 0 spiro atoms. The van der Waals surface area contributed by atoms with E-state index in [1.165, 1.54) is 17.9 Å². The monoisotopic (exact) mass is 293 g/mol. The van der Waals surface area contributed by atoms with Crippen LogP contribution in [-0.4, -0.2) is 36.5 Å². The van der Waals surface area contributed by atoms with Crippen LogP contribution < -0.4 is 4.72 Å². The maximum absolute atomic E-state index is 12.1. The zero-order valence-electron chi connectivity index (χ0n) is 10.1. The van der Waals surface area contributed by atoms with E-state index in [1.807, 2.05) is 0 Å². The van der Waals surface area contributed by atoms with Crippen LogP contribution >= 0.6 is 11.6 Å². The van der Waals surface area contributed by atoms with Crippen molar-refractivity contribution in [3.05, 3.63) is 11.2 Å². The van der Waals surface area contributed by atoms with Gasteiger partial charge in [0.1, 0.15) is 0 Å². The molecule has 8 heteroatoms.